The maximum absolute atomic E-state index is 12.1. The molecular formula is C22H18ClN3O5S. The van der Waals surface area contributed by atoms with Crippen LogP contribution in [0.4, 0.5) is 0 Å². The van der Waals surface area contributed by atoms with Crippen molar-refractivity contribution in [3.63, 3.8) is 0 Å². The number of benzene rings is 2. The highest BCUT2D eigenvalue weighted by Crippen LogP contribution is 2.34. The number of aromatic nitrogens is 1. The lowest BCUT2D eigenvalue weighted by atomic mass is 10.0. The van der Waals surface area contributed by atoms with E-state index in [0.29, 0.717) is 27.6 Å². The Morgan fingerprint density at radius 2 is 1.94 bits per heavy atom. The van der Waals surface area contributed by atoms with E-state index in [0.717, 1.165) is 11.8 Å². The molecule has 0 aliphatic heterocycles. The average molecular weight is 472 g/mol. The van der Waals surface area contributed by atoms with Crippen molar-refractivity contribution in [1.29, 1.82) is 5.26 Å². The highest BCUT2D eigenvalue weighted by atomic mass is 35.5. The van der Waals surface area contributed by atoms with Crippen LogP contribution >= 0.6 is 11.6 Å². The van der Waals surface area contributed by atoms with Crippen LogP contribution in [0.5, 0.6) is 17.4 Å². The molecule has 8 nitrogen and oxygen atoms in total. The molecule has 1 N–H and O–H groups in total. The van der Waals surface area contributed by atoms with E-state index < -0.39 is 15.9 Å². The van der Waals surface area contributed by atoms with E-state index >= 15 is 0 Å². The van der Waals surface area contributed by atoms with Crippen molar-refractivity contribution in [3.05, 3.63) is 70.4 Å². The van der Waals surface area contributed by atoms with Crippen LogP contribution in [0.3, 0.4) is 0 Å². The summed E-state index contributed by atoms with van der Waals surface area (Å²) in [5.41, 5.74) is 2.27. The fraction of sp³-hybridized carbons (Fsp3) is 0.136. The lowest BCUT2D eigenvalue weighted by Gasteiger charge is -2.12. The second-order valence-electron chi connectivity index (χ2n) is 6.82. The van der Waals surface area contributed by atoms with Crippen LogP contribution < -0.4 is 14.2 Å². The van der Waals surface area contributed by atoms with Crippen LogP contribution in [0.1, 0.15) is 21.5 Å². The number of nitrogens with zero attached hydrogens (tertiary/aromatic N) is 2. The van der Waals surface area contributed by atoms with Crippen molar-refractivity contribution in [2.24, 2.45) is 0 Å². The molecule has 10 heteroatoms. The van der Waals surface area contributed by atoms with E-state index in [2.05, 4.69) is 11.1 Å². The Kier molecular flexibility index (Phi) is 6.67. The number of carbonyl (C=O) groups is 1. The molecule has 1 heterocycles. The molecule has 2 aromatic carbocycles. The highest BCUT2D eigenvalue weighted by molar-refractivity contribution is 7.89. The first-order valence-electron chi connectivity index (χ1n) is 9.16. The van der Waals surface area contributed by atoms with Gasteiger partial charge in [0.15, 0.2) is 0 Å². The lowest BCUT2D eigenvalue weighted by molar-refractivity contribution is 0.0981. The SMILES string of the molecule is COc1cc(C(=O)NS(C)(=O)=O)ccc1-c1cnc(Oc2ccc(C)c(Cl)c2)c(C#N)c1. The summed E-state index contributed by atoms with van der Waals surface area (Å²) >= 11 is 6.12. The summed E-state index contributed by atoms with van der Waals surface area (Å²) < 4.78 is 35.6. The lowest BCUT2D eigenvalue weighted by Crippen LogP contribution is -2.29. The van der Waals surface area contributed by atoms with Gasteiger partial charge in [0.1, 0.15) is 23.1 Å². The van der Waals surface area contributed by atoms with Gasteiger partial charge in [0, 0.05) is 27.9 Å². The Morgan fingerprint density at radius 1 is 1.19 bits per heavy atom. The molecule has 0 fully saturated rings. The van der Waals surface area contributed by atoms with Crippen molar-refractivity contribution < 1.29 is 22.7 Å². The number of hydrogen-bond donors (Lipinski definition) is 1. The van der Waals surface area contributed by atoms with E-state index in [-0.39, 0.29) is 17.0 Å². The summed E-state index contributed by atoms with van der Waals surface area (Å²) in [7, 11) is -2.30. The standard InChI is InChI=1S/C22H18ClN3O5S/c1-13-4-6-17(10-19(13)23)31-22-15(11-24)8-16(12-25-22)18-7-5-14(9-20(18)30-2)21(27)26-32(3,28)29/h4-10,12H,1-3H3,(H,26,27). The Hall–Kier alpha value is -3.61. The van der Waals surface area contributed by atoms with E-state index in [1.54, 1.807) is 30.3 Å². The number of amides is 1. The summed E-state index contributed by atoms with van der Waals surface area (Å²) in [6.45, 7) is 1.86. The van der Waals surface area contributed by atoms with Gasteiger partial charge in [0.25, 0.3) is 5.91 Å². The van der Waals surface area contributed by atoms with Crippen molar-refractivity contribution in [2.45, 2.75) is 6.92 Å². The van der Waals surface area contributed by atoms with Crippen LogP contribution in [0.15, 0.2) is 48.7 Å². The fourth-order valence-corrected chi connectivity index (χ4v) is 3.43. The number of methoxy groups -OCH3 is 1. The van der Waals surface area contributed by atoms with E-state index in [1.165, 1.54) is 25.4 Å². The van der Waals surface area contributed by atoms with Gasteiger partial charge < -0.3 is 9.47 Å². The average Bonchev–Trinajstić information content (AvgIpc) is 2.75. The van der Waals surface area contributed by atoms with Gasteiger partial charge in [-0.3, -0.25) is 4.79 Å². The molecule has 32 heavy (non-hydrogen) atoms. The first kappa shape index (κ1) is 23.1. The van der Waals surface area contributed by atoms with E-state index in [1.807, 2.05) is 11.6 Å². The molecule has 0 unspecified atom stereocenters. The molecule has 0 aliphatic rings. The van der Waals surface area contributed by atoms with Gasteiger partial charge in [-0.25, -0.2) is 18.1 Å². The minimum absolute atomic E-state index is 0.0979. The van der Waals surface area contributed by atoms with Gasteiger partial charge in [-0.1, -0.05) is 17.7 Å². The number of hydrogen-bond acceptors (Lipinski definition) is 7. The first-order chi connectivity index (χ1) is 15.1. The number of pyridine rings is 1. The maximum atomic E-state index is 12.1. The first-order valence-corrected chi connectivity index (χ1v) is 11.4. The van der Waals surface area contributed by atoms with E-state index in [4.69, 9.17) is 21.1 Å². The molecule has 0 aliphatic carbocycles. The number of halogens is 1. The summed E-state index contributed by atoms with van der Waals surface area (Å²) in [6.07, 6.45) is 2.39. The zero-order valence-electron chi connectivity index (χ0n) is 17.3. The molecule has 3 rings (SSSR count). The van der Waals surface area contributed by atoms with E-state index in [9.17, 15) is 18.5 Å². The molecule has 0 spiro atoms. The number of sulfonamides is 1. The number of ether oxygens (including phenoxy) is 2. The quantitative estimate of drug-likeness (QED) is 0.575. The van der Waals surface area contributed by atoms with Crippen LogP contribution in [0, 0.1) is 18.3 Å². The monoisotopic (exact) mass is 471 g/mol. The van der Waals surface area contributed by atoms with Crippen molar-refractivity contribution in [2.75, 3.05) is 13.4 Å². The largest absolute Gasteiger partial charge is 0.496 e. The third-order valence-corrected chi connectivity index (χ3v) is 5.35. The molecule has 1 aromatic heterocycles. The van der Waals surface area contributed by atoms with Gasteiger partial charge in [0.05, 0.1) is 13.4 Å². The van der Waals surface area contributed by atoms with Crippen LogP contribution in [0.25, 0.3) is 11.1 Å². The second-order valence-corrected chi connectivity index (χ2v) is 8.98. The molecular weight excluding hydrogens is 454 g/mol. The molecule has 1 amide bonds. The Balaban J connectivity index is 1.95. The van der Waals surface area contributed by atoms with Crippen LogP contribution in [0.2, 0.25) is 5.02 Å². The predicted molar refractivity (Wildman–Crippen MR) is 120 cm³/mol. The summed E-state index contributed by atoms with van der Waals surface area (Å²) in [4.78, 5) is 16.4. The molecule has 0 atom stereocenters. The van der Waals surface area contributed by atoms with Gasteiger partial charge in [-0.05, 0) is 48.9 Å². The molecule has 0 radical (unpaired) electrons. The van der Waals surface area contributed by atoms with Crippen LogP contribution in [-0.2, 0) is 10.0 Å². The van der Waals surface area contributed by atoms with Gasteiger partial charge in [-0.2, -0.15) is 5.26 Å². The van der Waals surface area contributed by atoms with Gasteiger partial charge in [-0.15, -0.1) is 0 Å². The van der Waals surface area contributed by atoms with Gasteiger partial charge in [0.2, 0.25) is 15.9 Å². The number of nitrogens with one attached hydrogen (secondary N) is 1. The smallest absolute Gasteiger partial charge is 0.264 e. The van der Waals surface area contributed by atoms with Crippen molar-refractivity contribution >= 4 is 27.5 Å². The number of carbonyl (C=O) groups excluding carboxylic acids is 1. The Morgan fingerprint density at radius 3 is 2.56 bits per heavy atom. The van der Waals surface area contributed by atoms with Crippen molar-refractivity contribution in [1.82, 2.24) is 9.71 Å². The van der Waals surface area contributed by atoms with Gasteiger partial charge >= 0.3 is 0 Å². The van der Waals surface area contributed by atoms with Crippen LogP contribution in [-0.4, -0.2) is 32.7 Å². The molecule has 0 bridgehead atoms. The predicted octanol–water partition coefficient (Wildman–Crippen LogP) is 4.07. The molecule has 0 saturated carbocycles. The molecule has 3 aromatic rings. The zero-order valence-corrected chi connectivity index (χ0v) is 18.9. The minimum Gasteiger partial charge on any atom is -0.496 e. The Bertz CT molecular complexity index is 1350. The number of rotatable bonds is 6. The number of nitriles is 1. The fourth-order valence-electron chi connectivity index (χ4n) is 2.81. The Labute approximate surface area is 190 Å². The molecule has 164 valence electrons. The highest BCUT2D eigenvalue weighted by Gasteiger charge is 2.16. The maximum Gasteiger partial charge on any atom is 0.264 e. The summed E-state index contributed by atoms with van der Waals surface area (Å²) in [5.74, 6) is 0.0694. The third-order valence-electron chi connectivity index (χ3n) is 4.38. The molecule has 0 saturated heterocycles. The summed E-state index contributed by atoms with van der Waals surface area (Å²) in [6, 6.07) is 13.2. The minimum atomic E-state index is -3.71. The second kappa shape index (κ2) is 9.26. The normalized spacial score (nSPS) is 10.8. The third kappa shape index (κ3) is 5.35. The zero-order chi connectivity index (χ0) is 23.5. The topological polar surface area (TPSA) is 118 Å². The summed E-state index contributed by atoms with van der Waals surface area (Å²) in [5, 5.41) is 10.1. The van der Waals surface area contributed by atoms with Crippen molar-refractivity contribution in [3.8, 4) is 34.6 Å². The number of aryl methyl sites for hydroxylation is 1.